The first-order valence-electron chi connectivity index (χ1n) is 9.22. The Balaban J connectivity index is 1.75. The maximum atomic E-state index is 6.81. The van der Waals surface area contributed by atoms with Crippen molar-refractivity contribution >= 4 is 37.9 Å². The van der Waals surface area contributed by atoms with E-state index in [1.807, 2.05) is 0 Å². The Hall–Kier alpha value is -0.320. The summed E-state index contributed by atoms with van der Waals surface area (Å²) in [5.74, 6) is 1.01. The second kappa shape index (κ2) is 6.77. The third-order valence-corrected chi connectivity index (χ3v) is 7.09. The predicted molar refractivity (Wildman–Crippen MR) is 106 cm³/mol. The Labute approximate surface area is 161 Å². The van der Waals surface area contributed by atoms with Crippen LogP contribution in [0.5, 0.6) is 5.75 Å². The average Bonchev–Trinajstić information content (AvgIpc) is 2.60. The van der Waals surface area contributed by atoms with Crippen LogP contribution in [0.15, 0.2) is 26.7 Å². The molecule has 0 spiro atoms. The van der Waals surface area contributed by atoms with E-state index in [9.17, 15) is 0 Å². The van der Waals surface area contributed by atoms with Gasteiger partial charge in [0, 0.05) is 22.5 Å². The Morgan fingerprint density at radius 2 is 1.88 bits per heavy atom. The van der Waals surface area contributed by atoms with Crippen molar-refractivity contribution in [3.8, 4) is 5.75 Å². The smallest absolute Gasteiger partial charge is 0.186 e. The lowest BCUT2D eigenvalue weighted by Crippen LogP contribution is -2.58. The second-order valence-corrected chi connectivity index (χ2v) is 9.24. The monoisotopic (exact) mass is 453 g/mol. The SMILES string of the molecule is CN(C1CCCCC1)C12CCCCC1=Cc1cc(Br)cc(Br)c1O2. The molecule has 1 aliphatic heterocycles. The van der Waals surface area contributed by atoms with E-state index in [0.717, 1.165) is 27.5 Å². The number of benzene rings is 1. The van der Waals surface area contributed by atoms with Crippen LogP contribution in [-0.4, -0.2) is 23.7 Å². The highest BCUT2D eigenvalue weighted by Crippen LogP contribution is 2.49. The van der Waals surface area contributed by atoms with Crippen molar-refractivity contribution in [3.63, 3.8) is 0 Å². The number of fused-ring (bicyclic) bond motifs is 2. The van der Waals surface area contributed by atoms with Gasteiger partial charge in [-0.1, -0.05) is 35.2 Å². The molecule has 0 saturated heterocycles. The fourth-order valence-electron chi connectivity index (χ4n) is 4.73. The first-order chi connectivity index (χ1) is 11.6. The maximum absolute atomic E-state index is 6.81. The van der Waals surface area contributed by atoms with Crippen LogP contribution in [-0.2, 0) is 0 Å². The predicted octanol–water partition coefficient (Wildman–Crippen LogP) is 6.52. The van der Waals surface area contributed by atoms with Crippen molar-refractivity contribution in [2.45, 2.75) is 69.6 Å². The molecular weight excluding hydrogens is 430 g/mol. The van der Waals surface area contributed by atoms with Gasteiger partial charge >= 0.3 is 0 Å². The van der Waals surface area contributed by atoms with Gasteiger partial charge < -0.3 is 4.74 Å². The van der Waals surface area contributed by atoms with Gasteiger partial charge in [0.1, 0.15) is 5.75 Å². The topological polar surface area (TPSA) is 12.5 Å². The van der Waals surface area contributed by atoms with Crippen molar-refractivity contribution in [3.05, 3.63) is 32.2 Å². The maximum Gasteiger partial charge on any atom is 0.186 e. The fourth-order valence-corrected chi connectivity index (χ4v) is 6.07. The molecule has 1 aromatic carbocycles. The molecule has 1 aromatic rings. The lowest BCUT2D eigenvalue weighted by atomic mass is 9.80. The summed E-state index contributed by atoms with van der Waals surface area (Å²) >= 11 is 7.32. The summed E-state index contributed by atoms with van der Waals surface area (Å²) in [6, 6.07) is 4.91. The van der Waals surface area contributed by atoms with Crippen LogP contribution in [0, 0.1) is 0 Å². The standard InChI is InChI=1S/C20H25Br2NO/c1-23(17-8-3-2-4-9-17)20-10-6-5-7-15(20)11-14-12-16(21)13-18(22)19(14)24-20/h11-13,17H,2-10H2,1H3. The number of likely N-dealkylation sites (N-methyl/N-ethyl adjacent to an activating group) is 1. The molecule has 1 atom stereocenters. The van der Waals surface area contributed by atoms with Crippen molar-refractivity contribution in [2.75, 3.05) is 7.05 Å². The first-order valence-corrected chi connectivity index (χ1v) is 10.8. The van der Waals surface area contributed by atoms with Gasteiger partial charge in [-0.05, 0) is 78.9 Å². The number of hydrogen-bond donors (Lipinski definition) is 0. The molecule has 1 unspecified atom stereocenters. The van der Waals surface area contributed by atoms with Gasteiger partial charge in [-0.15, -0.1) is 0 Å². The van der Waals surface area contributed by atoms with E-state index in [1.165, 1.54) is 56.1 Å². The molecular formula is C20H25Br2NO. The van der Waals surface area contributed by atoms with Crippen LogP contribution < -0.4 is 4.74 Å². The molecule has 0 bridgehead atoms. The molecule has 4 heteroatoms. The van der Waals surface area contributed by atoms with E-state index in [2.05, 4.69) is 62.0 Å². The van der Waals surface area contributed by atoms with Crippen LogP contribution in [0.2, 0.25) is 0 Å². The minimum Gasteiger partial charge on any atom is -0.467 e. The molecule has 4 rings (SSSR count). The van der Waals surface area contributed by atoms with E-state index in [0.29, 0.717) is 6.04 Å². The number of halogens is 2. The fraction of sp³-hybridized carbons (Fsp3) is 0.600. The largest absolute Gasteiger partial charge is 0.467 e. The lowest BCUT2D eigenvalue weighted by Gasteiger charge is -2.51. The molecule has 130 valence electrons. The number of rotatable bonds is 2. The molecule has 1 heterocycles. The summed E-state index contributed by atoms with van der Waals surface area (Å²) in [7, 11) is 2.30. The summed E-state index contributed by atoms with van der Waals surface area (Å²) in [5, 5.41) is 0. The third kappa shape index (κ3) is 2.89. The Bertz CT molecular complexity index is 666. The molecule has 0 aromatic heterocycles. The van der Waals surface area contributed by atoms with E-state index in [4.69, 9.17) is 4.74 Å². The molecule has 2 fully saturated rings. The van der Waals surface area contributed by atoms with Gasteiger partial charge in [0.15, 0.2) is 5.72 Å². The van der Waals surface area contributed by atoms with Crippen LogP contribution in [0.1, 0.15) is 63.4 Å². The average molecular weight is 455 g/mol. The van der Waals surface area contributed by atoms with E-state index in [-0.39, 0.29) is 5.72 Å². The van der Waals surface area contributed by atoms with Gasteiger partial charge in [0.05, 0.1) is 4.47 Å². The summed E-state index contributed by atoms with van der Waals surface area (Å²) in [6.07, 6.45) is 13.9. The minimum atomic E-state index is -0.233. The van der Waals surface area contributed by atoms with Gasteiger partial charge in [-0.2, -0.15) is 0 Å². The third-order valence-electron chi connectivity index (χ3n) is 6.04. The number of hydrogen-bond acceptors (Lipinski definition) is 2. The van der Waals surface area contributed by atoms with Crippen LogP contribution in [0.25, 0.3) is 6.08 Å². The highest BCUT2D eigenvalue weighted by molar-refractivity contribution is 9.11. The van der Waals surface area contributed by atoms with Crippen molar-refractivity contribution in [1.82, 2.24) is 4.90 Å². The normalized spacial score (nSPS) is 27.2. The number of nitrogens with zero attached hydrogens (tertiary/aromatic N) is 1. The van der Waals surface area contributed by atoms with Crippen LogP contribution in [0.4, 0.5) is 0 Å². The zero-order valence-corrected chi connectivity index (χ0v) is 17.5. The summed E-state index contributed by atoms with van der Waals surface area (Å²) in [5.41, 5.74) is 2.43. The van der Waals surface area contributed by atoms with E-state index in [1.54, 1.807) is 0 Å². The van der Waals surface area contributed by atoms with Crippen molar-refractivity contribution in [1.29, 1.82) is 0 Å². The van der Waals surface area contributed by atoms with Crippen LogP contribution in [0.3, 0.4) is 0 Å². The van der Waals surface area contributed by atoms with Crippen molar-refractivity contribution in [2.24, 2.45) is 0 Å². The van der Waals surface area contributed by atoms with Crippen molar-refractivity contribution < 1.29 is 4.74 Å². The lowest BCUT2D eigenvalue weighted by molar-refractivity contribution is -0.0877. The molecule has 24 heavy (non-hydrogen) atoms. The molecule has 2 aliphatic carbocycles. The first kappa shape index (κ1) is 17.1. The summed E-state index contributed by atoms with van der Waals surface area (Å²) in [4.78, 5) is 2.58. The molecule has 0 radical (unpaired) electrons. The zero-order valence-electron chi connectivity index (χ0n) is 14.3. The van der Waals surface area contributed by atoms with Gasteiger partial charge in [0.2, 0.25) is 0 Å². The molecule has 0 amide bonds. The highest BCUT2D eigenvalue weighted by Gasteiger charge is 2.47. The molecule has 3 aliphatic rings. The van der Waals surface area contributed by atoms with Crippen LogP contribution >= 0.6 is 31.9 Å². The molecule has 0 N–H and O–H groups in total. The Morgan fingerprint density at radius 1 is 1.08 bits per heavy atom. The van der Waals surface area contributed by atoms with E-state index >= 15 is 0 Å². The highest BCUT2D eigenvalue weighted by atomic mass is 79.9. The second-order valence-electron chi connectivity index (χ2n) is 7.47. The van der Waals surface area contributed by atoms with Gasteiger partial charge in [-0.25, -0.2) is 0 Å². The quantitative estimate of drug-likeness (QED) is 0.504. The Morgan fingerprint density at radius 3 is 2.67 bits per heavy atom. The molecule has 2 nitrogen and oxygen atoms in total. The van der Waals surface area contributed by atoms with Gasteiger partial charge in [0.25, 0.3) is 0 Å². The molecule has 2 saturated carbocycles. The number of ether oxygens (including phenoxy) is 1. The summed E-state index contributed by atoms with van der Waals surface area (Å²) < 4.78 is 8.95. The zero-order chi connectivity index (χ0) is 16.7. The van der Waals surface area contributed by atoms with Gasteiger partial charge in [-0.3, -0.25) is 4.90 Å². The minimum absolute atomic E-state index is 0.233. The Kier molecular flexibility index (Phi) is 4.83. The van der Waals surface area contributed by atoms with E-state index < -0.39 is 0 Å². The summed E-state index contributed by atoms with van der Waals surface area (Å²) in [6.45, 7) is 0.